The van der Waals surface area contributed by atoms with Crippen LogP contribution in [0.15, 0.2) is 54.6 Å². The lowest BCUT2D eigenvalue weighted by molar-refractivity contribution is -0.115. The maximum Gasteiger partial charge on any atom is 0.238 e. The highest BCUT2D eigenvalue weighted by atomic mass is 16.5. The van der Waals surface area contributed by atoms with E-state index in [2.05, 4.69) is 17.6 Å². The largest absolute Gasteiger partial charge is 0.494 e. The van der Waals surface area contributed by atoms with E-state index in [-0.39, 0.29) is 12.5 Å². The Bertz CT molecular complexity index is 644. The average Bonchev–Trinajstić information content (AvgIpc) is 2.66. The number of hydrogen-bond acceptors (Lipinski definition) is 3. The molecule has 0 atom stereocenters. The standard InChI is InChI=1S/C22H30N2O2/c1-2-3-4-5-9-15-26-21-14-10-13-20(16-21)24-22(25)18-23-17-19-11-7-6-8-12-19/h6-8,10-14,16,23H,2-5,9,15,17-18H2,1H3,(H,24,25). The molecule has 1 amide bonds. The lowest BCUT2D eigenvalue weighted by Gasteiger charge is -2.10. The number of unbranched alkanes of at least 4 members (excludes halogenated alkanes) is 4. The Hall–Kier alpha value is -2.33. The lowest BCUT2D eigenvalue weighted by Crippen LogP contribution is -2.27. The normalized spacial score (nSPS) is 10.5. The van der Waals surface area contributed by atoms with Crippen molar-refractivity contribution in [3.63, 3.8) is 0 Å². The highest BCUT2D eigenvalue weighted by molar-refractivity contribution is 5.92. The van der Waals surface area contributed by atoms with Crippen LogP contribution in [0.2, 0.25) is 0 Å². The van der Waals surface area contributed by atoms with Gasteiger partial charge in [0.1, 0.15) is 5.75 Å². The zero-order valence-electron chi connectivity index (χ0n) is 15.7. The van der Waals surface area contributed by atoms with E-state index in [1.54, 1.807) is 0 Å². The van der Waals surface area contributed by atoms with Crippen molar-refractivity contribution in [2.75, 3.05) is 18.5 Å². The number of nitrogens with one attached hydrogen (secondary N) is 2. The minimum Gasteiger partial charge on any atom is -0.494 e. The average molecular weight is 354 g/mol. The number of hydrogen-bond donors (Lipinski definition) is 2. The van der Waals surface area contributed by atoms with Crippen molar-refractivity contribution >= 4 is 11.6 Å². The van der Waals surface area contributed by atoms with Crippen molar-refractivity contribution in [2.45, 2.75) is 45.6 Å². The molecule has 0 aliphatic rings. The fraction of sp³-hybridized carbons (Fsp3) is 0.409. The second-order valence-electron chi connectivity index (χ2n) is 6.43. The second kappa shape index (κ2) is 12.1. The summed E-state index contributed by atoms with van der Waals surface area (Å²) in [5, 5.41) is 6.06. The molecule has 4 heteroatoms. The van der Waals surface area contributed by atoms with E-state index in [0.29, 0.717) is 6.54 Å². The molecule has 0 fully saturated rings. The fourth-order valence-corrected chi connectivity index (χ4v) is 2.68. The van der Waals surface area contributed by atoms with Gasteiger partial charge in [-0.2, -0.15) is 0 Å². The monoisotopic (exact) mass is 354 g/mol. The number of carbonyl (C=O) groups is 1. The summed E-state index contributed by atoms with van der Waals surface area (Å²) in [5.41, 5.74) is 1.93. The Labute approximate surface area is 157 Å². The molecule has 2 rings (SSSR count). The number of benzene rings is 2. The molecule has 0 saturated heterocycles. The topological polar surface area (TPSA) is 50.4 Å². The van der Waals surface area contributed by atoms with Gasteiger partial charge in [-0.15, -0.1) is 0 Å². The van der Waals surface area contributed by atoms with Crippen LogP contribution < -0.4 is 15.4 Å². The number of rotatable bonds is 12. The van der Waals surface area contributed by atoms with Crippen molar-refractivity contribution in [3.05, 3.63) is 60.2 Å². The molecule has 140 valence electrons. The summed E-state index contributed by atoms with van der Waals surface area (Å²) in [6.45, 7) is 3.89. The van der Waals surface area contributed by atoms with E-state index < -0.39 is 0 Å². The van der Waals surface area contributed by atoms with Crippen LogP contribution in [0, 0.1) is 0 Å². The van der Waals surface area contributed by atoms with Gasteiger partial charge in [0.15, 0.2) is 0 Å². The highest BCUT2D eigenvalue weighted by Crippen LogP contribution is 2.17. The van der Waals surface area contributed by atoms with Gasteiger partial charge < -0.3 is 15.4 Å². The predicted molar refractivity (Wildman–Crippen MR) is 107 cm³/mol. The van der Waals surface area contributed by atoms with Crippen LogP contribution >= 0.6 is 0 Å². The van der Waals surface area contributed by atoms with E-state index >= 15 is 0 Å². The summed E-state index contributed by atoms with van der Waals surface area (Å²) >= 11 is 0. The third-order valence-electron chi connectivity index (χ3n) is 4.09. The molecule has 0 aromatic heterocycles. The SMILES string of the molecule is CCCCCCCOc1cccc(NC(=O)CNCc2ccccc2)c1. The molecule has 0 aliphatic carbocycles. The van der Waals surface area contributed by atoms with Gasteiger partial charge in [-0.1, -0.05) is 69.0 Å². The first kappa shape index (κ1) is 20.0. The second-order valence-corrected chi connectivity index (χ2v) is 6.43. The van der Waals surface area contributed by atoms with Gasteiger partial charge in [-0.05, 0) is 24.1 Å². The smallest absolute Gasteiger partial charge is 0.238 e. The number of anilines is 1. The van der Waals surface area contributed by atoms with Crippen LogP contribution in [0.4, 0.5) is 5.69 Å². The van der Waals surface area contributed by atoms with Crippen molar-refractivity contribution in [1.82, 2.24) is 5.32 Å². The summed E-state index contributed by atoms with van der Waals surface area (Å²) in [7, 11) is 0. The van der Waals surface area contributed by atoms with Crippen LogP contribution in [0.1, 0.15) is 44.6 Å². The molecule has 0 aliphatic heterocycles. The summed E-state index contributed by atoms with van der Waals surface area (Å²) in [6.07, 6.45) is 6.09. The van der Waals surface area contributed by atoms with Gasteiger partial charge in [0.2, 0.25) is 5.91 Å². The molecule has 2 aromatic carbocycles. The Kier molecular flexibility index (Phi) is 9.30. The molecule has 2 aromatic rings. The number of amides is 1. The summed E-state index contributed by atoms with van der Waals surface area (Å²) in [5.74, 6) is 0.744. The summed E-state index contributed by atoms with van der Waals surface area (Å²) in [6, 6.07) is 17.6. The van der Waals surface area contributed by atoms with Crippen LogP contribution in [0.3, 0.4) is 0 Å². The molecule has 2 N–H and O–H groups in total. The Morgan fingerprint density at radius 3 is 2.58 bits per heavy atom. The molecular formula is C22H30N2O2. The summed E-state index contributed by atoms with van der Waals surface area (Å²) < 4.78 is 5.78. The van der Waals surface area contributed by atoms with Crippen LogP contribution in [0.5, 0.6) is 5.75 Å². The van der Waals surface area contributed by atoms with Gasteiger partial charge in [0.05, 0.1) is 13.2 Å². The highest BCUT2D eigenvalue weighted by Gasteiger charge is 2.03. The molecule has 26 heavy (non-hydrogen) atoms. The zero-order valence-corrected chi connectivity index (χ0v) is 15.7. The maximum absolute atomic E-state index is 12.1. The van der Waals surface area contributed by atoms with Gasteiger partial charge >= 0.3 is 0 Å². The third-order valence-corrected chi connectivity index (χ3v) is 4.09. The molecule has 4 nitrogen and oxygen atoms in total. The molecule has 0 unspecified atom stereocenters. The van der Waals surface area contributed by atoms with Crippen molar-refractivity contribution < 1.29 is 9.53 Å². The Morgan fingerprint density at radius 2 is 1.77 bits per heavy atom. The number of ether oxygens (including phenoxy) is 1. The fourth-order valence-electron chi connectivity index (χ4n) is 2.68. The number of carbonyl (C=O) groups excluding carboxylic acids is 1. The van der Waals surface area contributed by atoms with Crippen molar-refractivity contribution in [3.8, 4) is 5.75 Å². The van der Waals surface area contributed by atoms with Crippen LogP contribution in [-0.4, -0.2) is 19.1 Å². The van der Waals surface area contributed by atoms with Gasteiger partial charge in [-0.25, -0.2) is 0 Å². The first-order valence-corrected chi connectivity index (χ1v) is 9.55. The maximum atomic E-state index is 12.1. The lowest BCUT2D eigenvalue weighted by atomic mass is 10.2. The van der Waals surface area contributed by atoms with Gasteiger partial charge in [0, 0.05) is 18.3 Å². The third kappa shape index (κ3) is 8.17. The minimum atomic E-state index is -0.0577. The summed E-state index contributed by atoms with van der Waals surface area (Å²) in [4.78, 5) is 12.1. The molecule has 0 spiro atoms. The molecular weight excluding hydrogens is 324 g/mol. The molecule has 0 saturated carbocycles. The Balaban J connectivity index is 1.67. The minimum absolute atomic E-state index is 0.0577. The van der Waals surface area contributed by atoms with Crippen LogP contribution in [0.25, 0.3) is 0 Å². The van der Waals surface area contributed by atoms with Crippen molar-refractivity contribution in [2.24, 2.45) is 0 Å². The molecule has 0 bridgehead atoms. The first-order chi connectivity index (χ1) is 12.8. The quantitative estimate of drug-likeness (QED) is 0.540. The first-order valence-electron chi connectivity index (χ1n) is 9.55. The van der Waals surface area contributed by atoms with E-state index in [0.717, 1.165) is 30.0 Å². The van der Waals surface area contributed by atoms with Crippen molar-refractivity contribution in [1.29, 1.82) is 0 Å². The van der Waals surface area contributed by atoms with Gasteiger partial charge in [-0.3, -0.25) is 4.79 Å². The Morgan fingerprint density at radius 1 is 0.962 bits per heavy atom. The zero-order chi connectivity index (χ0) is 18.5. The van der Waals surface area contributed by atoms with E-state index in [4.69, 9.17) is 4.74 Å². The van der Waals surface area contributed by atoms with E-state index in [1.807, 2.05) is 54.6 Å². The van der Waals surface area contributed by atoms with Crippen LogP contribution in [-0.2, 0) is 11.3 Å². The van der Waals surface area contributed by atoms with E-state index in [1.165, 1.54) is 25.7 Å². The molecule has 0 heterocycles. The van der Waals surface area contributed by atoms with Gasteiger partial charge in [0.25, 0.3) is 0 Å². The predicted octanol–water partition coefficient (Wildman–Crippen LogP) is 4.76. The molecule has 0 radical (unpaired) electrons. The van der Waals surface area contributed by atoms with E-state index in [9.17, 15) is 4.79 Å².